The minimum atomic E-state index is -3.77. The molecule has 2 fully saturated rings. The Morgan fingerprint density at radius 1 is 1.14 bits per heavy atom. The monoisotopic (exact) mass is 538 g/mol. The summed E-state index contributed by atoms with van der Waals surface area (Å²) in [5.41, 5.74) is 1.94. The highest BCUT2D eigenvalue weighted by molar-refractivity contribution is 7.91. The maximum Gasteiger partial charge on any atom is 0.267 e. The van der Waals surface area contributed by atoms with Crippen LogP contribution in [-0.4, -0.2) is 47.3 Å². The number of likely N-dealkylation sites (tertiary alicyclic amines) is 1. The summed E-state index contributed by atoms with van der Waals surface area (Å²) >= 11 is 12.4. The average molecular weight is 539 g/mol. The van der Waals surface area contributed by atoms with E-state index in [9.17, 15) is 13.2 Å². The molecule has 2 aliphatic rings. The predicted molar refractivity (Wildman–Crippen MR) is 134 cm³/mol. The zero-order valence-electron chi connectivity index (χ0n) is 19.3. The Labute approximate surface area is 213 Å². The highest BCUT2D eigenvalue weighted by Crippen LogP contribution is 2.35. The van der Waals surface area contributed by atoms with Gasteiger partial charge in [-0.25, -0.2) is 17.5 Å². The van der Waals surface area contributed by atoms with Crippen molar-refractivity contribution >= 4 is 50.0 Å². The van der Waals surface area contributed by atoms with Gasteiger partial charge in [0.25, 0.3) is 5.91 Å². The van der Waals surface area contributed by atoms with Crippen LogP contribution in [0.25, 0.3) is 10.9 Å². The van der Waals surface area contributed by atoms with Gasteiger partial charge in [-0.2, -0.15) is 5.10 Å². The lowest BCUT2D eigenvalue weighted by atomic mass is 10.1. The van der Waals surface area contributed by atoms with Crippen molar-refractivity contribution in [2.24, 2.45) is 0 Å². The molecule has 0 unspecified atom stereocenters. The van der Waals surface area contributed by atoms with Gasteiger partial charge in [-0.3, -0.25) is 14.4 Å². The van der Waals surface area contributed by atoms with E-state index in [1.165, 1.54) is 12.1 Å². The van der Waals surface area contributed by atoms with Crippen LogP contribution in [0.5, 0.6) is 0 Å². The SMILES string of the molecule is Cc1nn([C@@H]2CCN([C@H](C)c3cc(Cl)cc(Cl)c3)C2)c2cc(F)c(C(=O)NS(=O)(=O)C3CC3)cc12. The van der Waals surface area contributed by atoms with Crippen molar-refractivity contribution in [1.29, 1.82) is 0 Å². The lowest BCUT2D eigenvalue weighted by Crippen LogP contribution is -2.33. The molecule has 0 bridgehead atoms. The van der Waals surface area contributed by atoms with Crippen molar-refractivity contribution in [3.05, 3.63) is 63.0 Å². The summed E-state index contributed by atoms with van der Waals surface area (Å²) in [5, 5.41) is 5.87. The fourth-order valence-corrected chi connectivity index (χ4v) is 6.59. The van der Waals surface area contributed by atoms with Gasteiger partial charge in [0.2, 0.25) is 10.0 Å². The maximum absolute atomic E-state index is 15.0. The van der Waals surface area contributed by atoms with Gasteiger partial charge in [0, 0.05) is 40.6 Å². The molecule has 11 heteroatoms. The number of nitrogens with one attached hydrogen (secondary N) is 1. The van der Waals surface area contributed by atoms with Crippen LogP contribution in [0, 0.1) is 12.7 Å². The Bertz CT molecular complexity index is 1420. The van der Waals surface area contributed by atoms with Crippen molar-refractivity contribution in [1.82, 2.24) is 19.4 Å². The highest BCUT2D eigenvalue weighted by Gasteiger charge is 2.37. The van der Waals surface area contributed by atoms with Crippen molar-refractivity contribution in [2.75, 3.05) is 13.1 Å². The van der Waals surface area contributed by atoms with Crippen LogP contribution < -0.4 is 4.72 Å². The minimum Gasteiger partial charge on any atom is -0.294 e. The number of aryl methyl sites for hydroxylation is 1. The van der Waals surface area contributed by atoms with Crippen LogP contribution in [0.15, 0.2) is 30.3 Å². The standard InChI is InChI=1S/C24H25Cl2FN4O3S/c1-13-20-10-21(24(32)29-35(33,34)19-3-4-19)22(27)11-23(20)31(28-13)18-5-6-30(12-18)14(2)15-7-16(25)9-17(26)8-15/h7-11,14,18-19H,3-6,12H2,1-2H3,(H,29,32)/t14-,18-/m1/s1. The van der Waals surface area contributed by atoms with Gasteiger partial charge < -0.3 is 0 Å². The van der Waals surface area contributed by atoms with Crippen molar-refractivity contribution in [2.45, 2.75) is 50.4 Å². The van der Waals surface area contributed by atoms with E-state index in [0.29, 0.717) is 46.0 Å². The molecule has 5 rings (SSSR count). The number of carbonyl (C=O) groups is 1. The molecular formula is C24H25Cl2FN4O3S. The predicted octanol–water partition coefficient (Wildman–Crippen LogP) is 5.02. The van der Waals surface area contributed by atoms with Gasteiger partial charge in [-0.15, -0.1) is 0 Å². The number of amides is 1. The normalized spacial score (nSPS) is 19.9. The molecule has 1 aliphatic carbocycles. The van der Waals surface area contributed by atoms with Gasteiger partial charge in [0.15, 0.2) is 0 Å². The van der Waals surface area contributed by atoms with Gasteiger partial charge in [-0.1, -0.05) is 23.2 Å². The van der Waals surface area contributed by atoms with Gasteiger partial charge in [0.1, 0.15) is 5.82 Å². The molecule has 2 atom stereocenters. The first-order valence-corrected chi connectivity index (χ1v) is 13.8. The number of benzene rings is 2. The van der Waals surface area contributed by atoms with Gasteiger partial charge in [-0.05, 0) is 62.9 Å². The average Bonchev–Trinajstić information content (AvgIpc) is 3.46. The lowest BCUT2D eigenvalue weighted by Gasteiger charge is -2.25. The number of aromatic nitrogens is 2. The Morgan fingerprint density at radius 2 is 1.83 bits per heavy atom. The molecule has 3 aromatic rings. The zero-order chi connectivity index (χ0) is 25.1. The molecule has 1 aromatic heterocycles. The molecular weight excluding hydrogens is 514 g/mol. The summed E-state index contributed by atoms with van der Waals surface area (Å²) in [7, 11) is -3.77. The first-order valence-electron chi connectivity index (χ1n) is 11.5. The molecule has 186 valence electrons. The number of rotatable bonds is 6. The van der Waals surface area contributed by atoms with Crippen LogP contribution in [-0.2, 0) is 10.0 Å². The summed E-state index contributed by atoms with van der Waals surface area (Å²) in [6.45, 7) is 5.41. The number of fused-ring (bicyclic) bond motifs is 1. The first-order chi connectivity index (χ1) is 16.5. The Morgan fingerprint density at radius 3 is 2.49 bits per heavy atom. The smallest absolute Gasteiger partial charge is 0.267 e. The molecule has 1 N–H and O–H groups in total. The van der Waals surface area contributed by atoms with Crippen LogP contribution >= 0.6 is 23.2 Å². The van der Waals surface area contributed by atoms with Crippen LogP contribution in [0.2, 0.25) is 10.0 Å². The van der Waals surface area contributed by atoms with E-state index in [1.807, 2.05) is 21.5 Å². The van der Waals surface area contributed by atoms with E-state index < -0.39 is 27.0 Å². The van der Waals surface area contributed by atoms with Gasteiger partial charge in [0.05, 0.1) is 28.1 Å². The highest BCUT2D eigenvalue weighted by atomic mass is 35.5. The fourth-order valence-electron chi connectivity index (χ4n) is 4.76. The number of halogens is 3. The third kappa shape index (κ3) is 4.79. The summed E-state index contributed by atoms with van der Waals surface area (Å²) in [6.07, 6.45) is 1.84. The van der Waals surface area contributed by atoms with E-state index in [4.69, 9.17) is 23.2 Å². The number of carbonyl (C=O) groups excluding carboxylic acids is 1. The summed E-state index contributed by atoms with van der Waals surface area (Å²) < 4.78 is 43.1. The molecule has 7 nitrogen and oxygen atoms in total. The lowest BCUT2D eigenvalue weighted by molar-refractivity contribution is 0.0977. The van der Waals surface area contributed by atoms with E-state index in [-0.39, 0.29) is 17.6 Å². The largest absolute Gasteiger partial charge is 0.294 e. The second-order valence-corrected chi connectivity index (χ2v) is 12.2. The van der Waals surface area contributed by atoms with Crippen molar-refractivity contribution < 1.29 is 17.6 Å². The molecule has 2 heterocycles. The molecule has 0 spiro atoms. The fraction of sp³-hybridized carbons (Fsp3) is 0.417. The van der Waals surface area contributed by atoms with Crippen molar-refractivity contribution in [3.8, 4) is 0 Å². The second-order valence-electron chi connectivity index (χ2n) is 9.37. The van der Waals surface area contributed by atoms with E-state index in [2.05, 4.69) is 16.9 Å². The summed E-state index contributed by atoms with van der Waals surface area (Å²) in [5.74, 6) is -1.73. The van der Waals surface area contributed by atoms with E-state index in [1.54, 1.807) is 13.0 Å². The third-order valence-corrected chi connectivity index (χ3v) is 9.13. The number of hydrogen-bond acceptors (Lipinski definition) is 5. The minimum absolute atomic E-state index is 0.0117. The van der Waals surface area contributed by atoms with Gasteiger partial charge >= 0.3 is 0 Å². The Kier molecular flexibility index (Phi) is 6.32. The third-order valence-electron chi connectivity index (χ3n) is 6.88. The molecule has 2 aromatic carbocycles. The second kappa shape index (κ2) is 9.03. The first kappa shape index (κ1) is 24.5. The quantitative estimate of drug-likeness (QED) is 0.476. The zero-order valence-corrected chi connectivity index (χ0v) is 21.6. The van der Waals surface area contributed by atoms with Crippen LogP contribution in [0.3, 0.4) is 0 Å². The topological polar surface area (TPSA) is 84.3 Å². The van der Waals surface area contributed by atoms with Crippen LogP contribution in [0.4, 0.5) is 4.39 Å². The molecule has 1 amide bonds. The summed E-state index contributed by atoms with van der Waals surface area (Å²) in [6, 6.07) is 8.28. The molecule has 35 heavy (non-hydrogen) atoms. The molecule has 0 radical (unpaired) electrons. The Balaban J connectivity index is 1.39. The summed E-state index contributed by atoms with van der Waals surface area (Å²) in [4.78, 5) is 14.9. The van der Waals surface area contributed by atoms with E-state index >= 15 is 4.39 Å². The number of hydrogen-bond donors (Lipinski definition) is 1. The maximum atomic E-state index is 15.0. The number of sulfonamides is 1. The molecule has 1 saturated heterocycles. The van der Waals surface area contributed by atoms with Crippen LogP contribution in [0.1, 0.15) is 59.9 Å². The molecule has 1 saturated carbocycles. The number of nitrogens with zero attached hydrogens (tertiary/aromatic N) is 3. The Hall–Kier alpha value is -2.20. The molecule has 1 aliphatic heterocycles. The van der Waals surface area contributed by atoms with Crippen molar-refractivity contribution in [3.63, 3.8) is 0 Å². The van der Waals surface area contributed by atoms with E-state index in [0.717, 1.165) is 18.5 Å².